The molecule has 4 heteroatoms. The van der Waals surface area contributed by atoms with Gasteiger partial charge < -0.3 is 15.0 Å². The van der Waals surface area contributed by atoms with Crippen LogP contribution in [0.3, 0.4) is 0 Å². The van der Waals surface area contributed by atoms with Gasteiger partial charge in [-0.05, 0) is 45.1 Å². The van der Waals surface area contributed by atoms with Gasteiger partial charge >= 0.3 is 5.97 Å². The van der Waals surface area contributed by atoms with Crippen LogP contribution in [0.1, 0.15) is 47.5 Å². The zero-order chi connectivity index (χ0) is 15.1. The summed E-state index contributed by atoms with van der Waals surface area (Å²) in [6.45, 7) is 14.2. The number of carbonyl (C=O) groups excluding carboxylic acids is 1. The highest BCUT2D eigenvalue weighted by molar-refractivity contribution is 5.75. The molecule has 1 fully saturated rings. The van der Waals surface area contributed by atoms with Gasteiger partial charge in [-0.1, -0.05) is 20.8 Å². The van der Waals surface area contributed by atoms with Gasteiger partial charge in [0.25, 0.3) is 0 Å². The molecule has 1 aliphatic heterocycles. The fourth-order valence-electron chi connectivity index (χ4n) is 3.21. The largest absolute Gasteiger partial charge is 0.465 e. The second kappa shape index (κ2) is 8.63. The lowest BCUT2D eigenvalue weighted by Gasteiger charge is -2.41. The molecule has 1 saturated heterocycles. The maximum absolute atomic E-state index is 11.9. The Morgan fingerprint density at radius 1 is 1.35 bits per heavy atom. The van der Waals surface area contributed by atoms with Crippen LogP contribution in [0.25, 0.3) is 0 Å². The predicted molar refractivity (Wildman–Crippen MR) is 82.7 cm³/mol. The number of piperidine rings is 1. The molecule has 1 N–H and O–H groups in total. The average molecular weight is 284 g/mol. The standard InChI is InChI=1S/C16H32N2O2/c1-6-17-15(16(19)20-7-2)8-9-18-11-12(3)10-13(4)14(18)5/h12-15,17H,6-11H2,1-5H3. The molecule has 4 atom stereocenters. The van der Waals surface area contributed by atoms with Crippen LogP contribution in [0, 0.1) is 11.8 Å². The monoisotopic (exact) mass is 284 g/mol. The maximum Gasteiger partial charge on any atom is 0.323 e. The summed E-state index contributed by atoms with van der Waals surface area (Å²) in [4.78, 5) is 14.4. The number of hydrogen-bond acceptors (Lipinski definition) is 4. The van der Waals surface area contributed by atoms with Crippen molar-refractivity contribution in [1.29, 1.82) is 0 Å². The van der Waals surface area contributed by atoms with E-state index in [1.165, 1.54) is 6.42 Å². The number of hydrogen-bond donors (Lipinski definition) is 1. The number of carbonyl (C=O) groups is 1. The summed E-state index contributed by atoms with van der Waals surface area (Å²) in [5.74, 6) is 1.38. The van der Waals surface area contributed by atoms with Crippen molar-refractivity contribution < 1.29 is 9.53 Å². The van der Waals surface area contributed by atoms with Crippen molar-refractivity contribution in [3.05, 3.63) is 0 Å². The minimum Gasteiger partial charge on any atom is -0.465 e. The molecule has 20 heavy (non-hydrogen) atoms. The molecule has 0 amide bonds. The van der Waals surface area contributed by atoms with Gasteiger partial charge in [0, 0.05) is 19.1 Å². The number of nitrogens with zero attached hydrogens (tertiary/aromatic N) is 1. The van der Waals surface area contributed by atoms with Gasteiger partial charge in [-0.2, -0.15) is 0 Å². The Balaban J connectivity index is 2.50. The first-order valence-corrected chi connectivity index (χ1v) is 8.13. The van der Waals surface area contributed by atoms with Crippen LogP contribution in [0.4, 0.5) is 0 Å². The maximum atomic E-state index is 11.9. The van der Waals surface area contributed by atoms with Gasteiger partial charge in [-0.25, -0.2) is 0 Å². The molecule has 0 aliphatic carbocycles. The van der Waals surface area contributed by atoms with Crippen molar-refractivity contribution >= 4 is 5.97 Å². The lowest BCUT2D eigenvalue weighted by Crippen LogP contribution is -2.48. The van der Waals surface area contributed by atoms with Crippen molar-refractivity contribution in [2.45, 2.75) is 59.5 Å². The molecule has 0 radical (unpaired) electrons. The fraction of sp³-hybridized carbons (Fsp3) is 0.938. The summed E-state index contributed by atoms with van der Waals surface area (Å²) >= 11 is 0. The third kappa shape index (κ3) is 5.06. The number of esters is 1. The molecular formula is C16H32N2O2. The second-order valence-corrected chi connectivity index (χ2v) is 6.20. The first-order chi connectivity index (χ1) is 9.49. The number of rotatable bonds is 7. The number of nitrogens with one attached hydrogen (secondary N) is 1. The van der Waals surface area contributed by atoms with E-state index >= 15 is 0 Å². The molecule has 0 aromatic rings. The van der Waals surface area contributed by atoms with Crippen LogP contribution in [-0.4, -0.2) is 49.2 Å². The van der Waals surface area contributed by atoms with Crippen LogP contribution < -0.4 is 5.32 Å². The molecule has 0 aromatic carbocycles. The molecule has 1 heterocycles. The molecule has 0 aromatic heterocycles. The highest BCUT2D eigenvalue weighted by Crippen LogP contribution is 2.26. The van der Waals surface area contributed by atoms with Gasteiger partial charge in [-0.3, -0.25) is 4.79 Å². The summed E-state index contributed by atoms with van der Waals surface area (Å²) in [6, 6.07) is 0.440. The van der Waals surface area contributed by atoms with E-state index in [-0.39, 0.29) is 12.0 Å². The predicted octanol–water partition coefficient (Wildman–Crippen LogP) is 2.28. The van der Waals surface area contributed by atoms with Crippen LogP contribution >= 0.6 is 0 Å². The molecular weight excluding hydrogens is 252 g/mol. The summed E-state index contributed by atoms with van der Waals surface area (Å²) in [5, 5.41) is 3.24. The molecule has 118 valence electrons. The van der Waals surface area contributed by atoms with Crippen LogP contribution in [-0.2, 0) is 9.53 Å². The minimum absolute atomic E-state index is 0.111. The Morgan fingerprint density at radius 2 is 2.05 bits per heavy atom. The number of ether oxygens (including phenoxy) is 1. The molecule has 0 spiro atoms. The molecule has 1 rings (SSSR count). The van der Waals surface area contributed by atoms with Crippen molar-refractivity contribution in [3.63, 3.8) is 0 Å². The summed E-state index contributed by atoms with van der Waals surface area (Å²) in [6.07, 6.45) is 2.14. The van der Waals surface area contributed by atoms with E-state index in [0.29, 0.717) is 12.6 Å². The van der Waals surface area contributed by atoms with E-state index in [1.54, 1.807) is 0 Å². The Kier molecular flexibility index (Phi) is 7.52. The van der Waals surface area contributed by atoms with Gasteiger partial charge in [0.05, 0.1) is 6.61 Å². The summed E-state index contributed by atoms with van der Waals surface area (Å²) in [7, 11) is 0. The van der Waals surface area contributed by atoms with Crippen molar-refractivity contribution in [2.24, 2.45) is 11.8 Å². The SMILES string of the molecule is CCNC(CCN1CC(C)CC(C)C1C)C(=O)OCC. The highest BCUT2D eigenvalue weighted by atomic mass is 16.5. The topological polar surface area (TPSA) is 41.6 Å². The summed E-state index contributed by atoms with van der Waals surface area (Å²) < 4.78 is 5.15. The van der Waals surface area contributed by atoms with Crippen LogP contribution in [0.2, 0.25) is 0 Å². The first-order valence-electron chi connectivity index (χ1n) is 8.13. The zero-order valence-corrected chi connectivity index (χ0v) is 13.8. The third-order valence-corrected chi connectivity index (χ3v) is 4.45. The van der Waals surface area contributed by atoms with E-state index in [4.69, 9.17) is 4.74 Å². The van der Waals surface area contributed by atoms with Gasteiger partial charge in [0.1, 0.15) is 6.04 Å². The van der Waals surface area contributed by atoms with Crippen LogP contribution in [0.5, 0.6) is 0 Å². The van der Waals surface area contributed by atoms with E-state index in [1.807, 2.05) is 13.8 Å². The number of likely N-dealkylation sites (N-methyl/N-ethyl adjacent to an activating group) is 1. The van der Waals surface area contributed by atoms with E-state index in [0.717, 1.165) is 37.9 Å². The molecule has 1 aliphatic rings. The van der Waals surface area contributed by atoms with Gasteiger partial charge in [-0.15, -0.1) is 0 Å². The van der Waals surface area contributed by atoms with E-state index in [9.17, 15) is 4.79 Å². The minimum atomic E-state index is -0.167. The van der Waals surface area contributed by atoms with Crippen molar-refractivity contribution in [2.75, 3.05) is 26.2 Å². The molecule has 4 nitrogen and oxygen atoms in total. The summed E-state index contributed by atoms with van der Waals surface area (Å²) in [5.41, 5.74) is 0. The Hall–Kier alpha value is -0.610. The first kappa shape index (κ1) is 17.4. The Morgan fingerprint density at radius 3 is 2.65 bits per heavy atom. The lowest BCUT2D eigenvalue weighted by molar-refractivity contribution is -0.146. The Labute approximate surface area is 124 Å². The van der Waals surface area contributed by atoms with Crippen molar-refractivity contribution in [1.82, 2.24) is 10.2 Å². The van der Waals surface area contributed by atoms with E-state index < -0.39 is 0 Å². The van der Waals surface area contributed by atoms with Crippen molar-refractivity contribution in [3.8, 4) is 0 Å². The van der Waals surface area contributed by atoms with Crippen LogP contribution in [0.15, 0.2) is 0 Å². The quantitative estimate of drug-likeness (QED) is 0.728. The molecule has 0 saturated carbocycles. The third-order valence-electron chi connectivity index (χ3n) is 4.45. The zero-order valence-electron chi connectivity index (χ0n) is 13.8. The molecule has 4 unspecified atom stereocenters. The lowest BCUT2D eigenvalue weighted by atomic mass is 9.86. The van der Waals surface area contributed by atoms with Gasteiger partial charge in [0.15, 0.2) is 0 Å². The fourth-order valence-corrected chi connectivity index (χ4v) is 3.21. The van der Waals surface area contributed by atoms with E-state index in [2.05, 4.69) is 31.0 Å². The van der Waals surface area contributed by atoms with Gasteiger partial charge in [0.2, 0.25) is 0 Å². The Bertz CT molecular complexity index is 296. The second-order valence-electron chi connectivity index (χ2n) is 6.20. The normalized spacial score (nSPS) is 29.1. The highest BCUT2D eigenvalue weighted by Gasteiger charge is 2.29. The number of likely N-dealkylation sites (tertiary alicyclic amines) is 1. The smallest absolute Gasteiger partial charge is 0.323 e. The average Bonchev–Trinajstić information content (AvgIpc) is 2.39. The molecule has 0 bridgehead atoms.